The van der Waals surface area contributed by atoms with Gasteiger partial charge in [0.05, 0.1) is 10.0 Å². The lowest BCUT2D eigenvalue weighted by molar-refractivity contribution is 0.284. The number of halogens is 3. The third-order valence-electron chi connectivity index (χ3n) is 2.30. The monoisotopic (exact) mass is 277 g/mol. The summed E-state index contributed by atoms with van der Waals surface area (Å²) in [5.41, 5.74) is 0.796. The van der Waals surface area contributed by atoms with Crippen LogP contribution in [0.3, 0.4) is 0 Å². The van der Waals surface area contributed by atoms with Crippen LogP contribution < -0.4 is 5.32 Å². The fourth-order valence-electron chi connectivity index (χ4n) is 1.41. The average molecular weight is 278 g/mol. The van der Waals surface area contributed by atoms with E-state index in [4.69, 9.17) is 23.2 Å². The van der Waals surface area contributed by atoms with Crippen molar-refractivity contribution in [3.63, 3.8) is 0 Å². The van der Waals surface area contributed by atoms with E-state index in [1.807, 2.05) is 20.8 Å². The predicted octanol–water partition coefficient (Wildman–Crippen LogP) is 4.26. The van der Waals surface area contributed by atoms with Gasteiger partial charge in [0.1, 0.15) is 6.17 Å². The Morgan fingerprint density at radius 2 is 1.88 bits per heavy atom. The molecule has 1 aromatic carbocycles. The van der Waals surface area contributed by atoms with Gasteiger partial charge in [-0.05, 0) is 38.5 Å². The van der Waals surface area contributed by atoms with E-state index in [1.54, 1.807) is 18.2 Å². The van der Waals surface area contributed by atoms with Gasteiger partial charge in [0.15, 0.2) is 0 Å². The largest absolute Gasteiger partial charge is 0.309 e. The predicted molar refractivity (Wildman–Crippen MR) is 72.8 cm³/mol. The van der Waals surface area contributed by atoms with Crippen LogP contribution in [0, 0.1) is 0 Å². The third kappa shape index (κ3) is 5.71. The maximum atomic E-state index is 13.7. The molecule has 0 saturated heterocycles. The van der Waals surface area contributed by atoms with Crippen LogP contribution in [0.15, 0.2) is 18.2 Å². The van der Waals surface area contributed by atoms with Crippen molar-refractivity contribution in [2.24, 2.45) is 0 Å². The first-order chi connectivity index (χ1) is 7.78. The molecule has 0 aliphatic carbocycles. The molecule has 0 aliphatic heterocycles. The number of benzene rings is 1. The van der Waals surface area contributed by atoms with Crippen molar-refractivity contribution in [1.82, 2.24) is 5.32 Å². The first kappa shape index (κ1) is 14.7. The van der Waals surface area contributed by atoms with E-state index in [9.17, 15) is 4.39 Å². The molecule has 96 valence electrons. The molecular weight excluding hydrogens is 260 g/mol. The smallest absolute Gasteiger partial charge is 0.117 e. The first-order valence-corrected chi connectivity index (χ1v) is 6.36. The zero-order chi connectivity index (χ0) is 13.1. The highest BCUT2D eigenvalue weighted by Crippen LogP contribution is 2.23. The fraction of sp³-hybridized carbons (Fsp3) is 0.538. The second kappa shape index (κ2) is 6.03. The molecule has 0 saturated carbocycles. The van der Waals surface area contributed by atoms with Crippen LogP contribution in [0.1, 0.15) is 26.3 Å². The van der Waals surface area contributed by atoms with Crippen molar-refractivity contribution in [2.45, 2.75) is 38.9 Å². The van der Waals surface area contributed by atoms with Crippen molar-refractivity contribution in [3.05, 3.63) is 33.8 Å². The van der Waals surface area contributed by atoms with E-state index in [1.165, 1.54) is 0 Å². The zero-order valence-corrected chi connectivity index (χ0v) is 11.9. The summed E-state index contributed by atoms with van der Waals surface area (Å²) in [6.07, 6.45) is -0.577. The molecule has 0 heterocycles. The number of alkyl halides is 1. The quantitative estimate of drug-likeness (QED) is 0.867. The summed E-state index contributed by atoms with van der Waals surface area (Å²) >= 11 is 11.7. The van der Waals surface area contributed by atoms with Gasteiger partial charge < -0.3 is 5.32 Å². The van der Waals surface area contributed by atoms with Crippen LogP contribution in [0.25, 0.3) is 0 Å². The second-order valence-corrected chi connectivity index (χ2v) is 6.00. The number of rotatable bonds is 4. The summed E-state index contributed by atoms with van der Waals surface area (Å²) in [5.74, 6) is 0. The lowest BCUT2D eigenvalue weighted by Crippen LogP contribution is -2.40. The third-order valence-corrected chi connectivity index (χ3v) is 3.03. The van der Waals surface area contributed by atoms with Gasteiger partial charge in [0.25, 0.3) is 0 Å². The van der Waals surface area contributed by atoms with Crippen molar-refractivity contribution in [2.75, 3.05) is 6.54 Å². The van der Waals surface area contributed by atoms with Gasteiger partial charge in [0.2, 0.25) is 0 Å². The molecule has 0 aliphatic rings. The maximum Gasteiger partial charge on any atom is 0.117 e. The Morgan fingerprint density at radius 1 is 1.24 bits per heavy atom. The highest BCUT2D eigenvalue weighted by Gasteiger charge is 2.14. The fourth-order valence-corrected chi connectivity index (χ4v) is 1.73. The Hall–Kier alpha value is -0.310. The maximum absolute atomic E-state index is 13.7. The molecule has 0 amide bonds. The highest BCUT2D eigenvalue weighted by molar-refractivity contribution is 6.42. The van der Waals surface area contributed by atoms with E-state index in [0.717, 1.165) is 5.56 Å². The van der Waals surface area contributed by atoms with E-state index in [2.05, 4.69) is 5.32 Å². The van der Waals surface area contributed by atoms with Crippen LogP contribution in [0.5, 0.6) is 0 Å². The van der Waals surface area contributed by atoms with Gasteiger partial charge in [-0.3, -0.25) is 0 Å². The lowest BCUT2D eigenvalue weighted by Gasteiger charge is -2.22. The van der Waals surface area contributed by atoms with E-state index < -0.39 is 6.17 Å². The molecule has 1 rings (SSSR count). The Kier molecular flexibility index (Phi) is 5.23. The Morgan fingerprint density at radius 3 is 2.41 bits per heavy atom. The minimum Gasteiger partial charge on any atom is -0.309 e. The molecule has 0 bridgehead atoms. The van der Waals surface area contributed by atoms with Crippen molar-refractivity contribution in [3.8, 4) is 0 Å². The highest BCUT2D eigenvalue weighted by atomic mass is 35.5. The standard InChI is InChI=1S/C13H18Cl2FN/c1-13(2,3)17-8-10(16)6-9-4-5-11(14)12(15)7-9/h4-5,7,10,17H,6,8H2,1-3H3. The zero-order valence-electron chi connectivity index (χ0n) is 10.4. The molecule has 1 nitrogen and oxygen atoms in total. The van der Waals surface area contributed by atoms with Crippen LogP contribution in [0.4, 0.5) is 4.39 Å². The molecule has 0 radical (unpaired) electrons. The summed E-state index contributed by atoms with van der Waals surface area (Å²) in [6, 6.07) is 5.22. The van der Waals surface area contributed by atoms with Gasteiger partial charge in [0, 0.05) is 18.5 Å². The van der Waals surface area contributed by atoms with Crippen molar-refractivity contribution < 1.29 is 4.39 Å². The normalized spacial score (nSPS) is 13.8. The summed E-state index contributed by atoms with van der Waals surface area (Å²) in [7, 11) is 0. The first-order valence-electron chi connectivity index (χ1n) is 5.61. The summed E-state index contributed by atoms with van der Waals surface area (Å²) in [4.78, 5) is 0. The molecule has 1 atom stereocenters. The van der Waals surface area contributed by atoms with E-state index in [0.29, 0.717) is 23.0 Å². The molecular formula is C13H18Cl2FN. The van der Waals surface area contributed by atoms with Crippen LogP contribution in [-0.2, 0) is 6.42 Å². The molecule has 1 aromatic rings. The molecule has 1 N–H and O–H groups in total. The second-order valence-electron chi connectivity index (χ2n) is 5.18. The van der Waals surface area contributed by atoms with Crippen molar-refractivity contribution >= 4 is 23.2 Å². The van der Waals surface area contributed by atoms with Gasteiger partial charge in [-0.1, -0.05) is 29.3 Å². The topological polar surface area (TPSA) is 12.0 Å². The number of hydrogen-bond acceptors (Lipinski definition) is 1. The SMILES string of the molecule is CC(C)(C)NCC(F)Cc1ccc(Cl)c(Cl)c1. The molecule has 0 aromatic heterocycles. The van der Waals surface area contributed by atoms with Crippen LogP contribution in [0.2, 0.25) is 10.0 Å². The Bertz CT molecular complexity index is 374. The van der Waals surface area contributed by atoms with Gasteiger partial charge in [-0.25, -0.2) is 4.39 Å². The van der Waals surface area contributed by atoms with Crippen molar-refractivity contribution in [1.29, 1.82) is 0 Å². The summed E-state index contributed by atoms with van der Waals surface area (Å²) < 4.78 is 13.7. The van der Waals surface area contributed by atoms with E-state index >= 15 is 0 Å². The van der Waals surface area contributed by atoms with Gasteiger partial charge in [-0.15, -0.1) is 0 Å². The van der Waals surface area contributed by atoms with Crippen LogP contribution >= 0.6 is 23.2 Å². The Balaban J connectivity index is 2.50. The van der Waals surface area contributed by atoms with Crippen LogP contribution in [-0.4, -0.2) is 18.3 Å². The summed E-state index contributed by atoms with van der Waals surface area (Å²) in [5, 5.41) is 4.10. The lowest BCUT2D eigenvalue weighted by atomic mass is 10.1. The minimum absolute atomic E-state index is 0.0675. The molecule has 1 unspecified atom stereocenters. The van der Waals surface area contributed by atoms with E-state index in [-0.39, 0.29) is 5.54 Å². The van der Waals surface area contributed by atoms with Gasteiger partial charge >= 0.3 is 0 Å². The van der Waals surface area contributed by atoms with Gasteiger partial charge in [-0.2, -0.15) is 0 Å². The molecule has 17 heavy (non-hydrogen) atoms. The number of hydrogen-bond donors (Lipinski definition) is 1. The molecule has 4 heteroatoms. The Labute approximate surface area is 112 Å². The molecule has 0 fully saturated rings. The number of nitrogens with one attached hydrogen (secondary N) is 1. The molecule has 0 spiro atoms. The summed E-state index contributed by atoms with van der Waals surface area (Å²) in [6.45, 7) is 6.38. The average Bonchev–Trinajstić information content (AvgIpc) is 2.20. The minimum atomic E-state index is -0.925.